The van der Waals surface area contributed by atoms with E-state index in [9.17, 15) is 9.59 Å². The van der Waals surface area contributed by atoms with E-state index in [0.717, 1.165) is 6.42 Å². The molecule has 126 valence electrons. The number of amides is 3. The van der Waals surface area contributed by atoms with E-state index in [0.29, 0.717) is 43.4 Å². The quantitative estimate of drug-likeness (QED) is 0.862. The zero-order valence-electron chi connectivity index (χ0n) is 13.2. The number of benzene rings is 1. The predicted octanol–water partition coefficient (Wildman–Crippen LogP) is 2.03. The lowest BCUT2D eigenvalue weighted by Gasteiger charge is -2.23. The molecule has 1 aliphatic heterocycles. The fourth-order valence-electron chi connectivity index (χ4n) is 2.27. The lowest BCUT2D eigenvalue weighted by atomic mass is 10.2. The fourth-order valence-corrected chi connectivity index (χ4v) is 2.45. The summed E-state index contributed by atoms with van der Waals surface area (Å²) in [7, 11) is 0. The van der Waals surface area contributed by atoms with Gasteiger partial charge in [0.05, 0.1) is 11.6 Å². The van der Waals surface area contributed by atoms with Crippen LogP contribution in [-0.4, -0.2) is 49.1 Å². The molecule has 1 heterocycles. The molecule has 7 heteroatoms. The zero-order valence-corrected chi connectivity index (χ0v) is 13.9. The van der Waals surface area contributed by atoms with Crippen molar-refractivity contribution in [3.63, 3.8) is 0 Å². The van der Waals surface area contributed by atoms with E-state index in [4.69, 9.17) is 16.3 Å². The lowest BCUT2D eigenvalue weighted by Crippen LogP contribution is -2.45. The van der Waals surface area contributed by atoms with Crippen LogP contribution in [0.2, 0.25) is 5.02 Å². The van der Waals surface area contributed by atoms with Gasteiger partial charge in [-0.15, -0.1) is 0 Å². The number of rotatable bonds is 5. The number of ether oxygens (including phenoxy) is 1. The van der Waals surface area contributed by atoms with Gasteiger partial charge in [-0.05, 0) is 18.6 Å². The van der Waals surface area contributed by atoms with Crippen molar-refractivity contribution in [3.05, 3.63) is 29.3 Å². The second-order valence-corrected chi connectivity index (χ2v) is 5.76. The molecule has 0 saturated carbocycles. The summed E-state index contributed by atoms with van der Waals surface area (Å²) < 4.78 is 5.84. The summed E-state index contributed by atoms with van der Waals surface area (Å²) >= 11 is 6.08. The molecule has 0 bridgehead atoms. The molecular formula is C16H22ClN3O3. The molecule has 1 atom stereocenters. The minimum absolute atomic E-state index is 0.0196. The van der Waals surface area contributed by atoms with E-state index in [1.807, 2.05) is 19.1 Å². The highest BCUT2D eigenvalue weighted by molar-refractivity contribution is 6.32. The molecule has 1 aromatic carbocycles. The molecule has 23 heavy (non-hydrogen) atoms. The van der Waals surface area contributed by atoms with Crippen molar-refractivity contribution >= 4 is 23.5 Å². The van der Waals surface area contributed by atoms with E-state index >= 15 is 0 Å². The van der Waals surface area contributed by atoms with E-state index in [-0.39, 0.29) is 18.0 Å². The first-order valence-corrected chi connectivity index (χ1v) is 8.18. The molecule has 1 unspecified atom stereocenters. The van der Waals surface area contributed by atoms with Crippen LogP contribution in [0, 0.1) is 0 Å². The van der Waals surface area contributed by atoms with Gasteiger partial charge < -0.3 is 20.3 Å². The average molecular weight is 340 g/mol. The van der Waals surface area contributed by atoms with Gasteiger partial charge in [-0.1, -0.05) is 30.7 Å². The third-order valence-corrected chi connectivity index (χ3v) is 3.98. The minimum atomic E-state index is -0.178. The topological polar surface area (TPSA) is 70.7 Å². The van der Waals surface area contributed by atoms with Crippen LogP contribution in [-0.2, 0) is 4.79 Å². The lowest BCUT2D eigenvalue weighted by molar-refractivity contribution is -0.120. The van der Waals surface area contributed by atoms with E-state index in [1.54, 1.807) is 17.0 Å². The number of urea groups is 1. The Labute approximate surface area is 141 Å². The van der Waals surface area contributed by atoms with Crippen LogP contribution in [0.15, 0.2) is 24.3 Å². The van der Waals surface area contributed by atoms with Crippen LogP contribution in [0.25, 0.3) is 0 Å². The summed E-state index contributed by atoms with van der Waals surface area (Å²) in [6.07, 6.45) is 0.914. The Bertz CT molecular complexity index is 553. The van der Waals surface area contributed by atoms with Crippen molar-refractivity contribution in [1.82, 2.24) is 15.5 Å². The minimum Gasteiger partial charge on any atom is -0.487 e. The van der Waals surface area contributed by atoms with Gasteiger partial charge >= 0.3 is 6.03 Å². The Hall–Kier alpha value is -1.95. The highest BCUT2D eigenvalue weighted by Crippen LogP contribution is 2.24. The van der Waals surface area contributed by atoms with Crippen LogP contribution in [0.3, 0.4) is 0 Å². The molecule has 1 aliphatic rings. The number of carbonyl (C=O) groups excluding carboxylic acids is 2. The van der Waals surface area contributed by atoms with Gasteiger partial charge in [0.25, 0.3) is 0 Å². The number of hydrogen-bond acceptors (Lipinski definition) is 3. The summed E-state index contributed by atoms with van der Waals surface area (Å²) in [5.41, 5.74) is 0. The third kappa shape index (κ3) is 5.32. The fraction of sp³-hybridized carbons (Fsp3) is 0.500. The van der Waals surface area contributed by atoms with Crippen LogP contribution in [0.5, 0.6) is 5.75 Å². The third-order valence-electron chi connectivity index (χ3n) is 3.67. The van der Waals surface area contributed by atoms with E-state index < -0.39 is 0 Å². The Morgan fingerprint density at radius 2 is 2.22 bits per heavy atom. The van der Waals surface area contributed by atoms with Crippen LogP contribution >= 0.6 is 11.6 Å². The first-order valence-electron chi connectivity index (χ1n) is 7.80. The van der Waals surface area contributed by atoms with Crippen molar-refractivity contribution in [2.75, 3.05) is 26.2 Å². The molecule has 2 rings (SSSR count). The summed E-state index contributed by atoms with van der Waals surface area (Å²) in [6.45, 7) is 3.81. The molecule has 3 amide bonds. The largest absolute Gasteiger partial charge is 0.487 e. The number of para-hydroxylation sites is 1. The number of nitrogens with zero attached hydrogens (tertiary/aromatic N) is 1. The molecular weight excluding hydrogens is 318 g/mol. The van der Waals surface area contributed by atoms with Gasteiger partial charge in [-0.2, -0.15) is 0 Å². The van der Waals surface area contributed by atoms with Gasteiger partial charge in [0.15, 0.2) is 0 Å². The predicted molar refractivity (Wildman–Crippen MR) is 88.8 cm³/mol. The zero-order chi connectivity index (χ0) is 16.7. The standard InChI is InChI=1S/C16H22ClN3O3/c1-2-12(23-14-6-4-3-5-13(14)17)11-19-16(22)20-9-7-15(21)18-8-10-20/h3-6,12H,2,7-11H2,1H3,(H,18,21)(H,19,22). The summed E-state index contributed by atoms with van der Waals surface area (Å²) in [4.78, 5) is 25.1. The molecule has 0 aliphatic carbocycles. The maximum atomic E-state index is 12.2. The van der Waals surface area contributed by atoms with Gasteiger partial charge in [0, 0.05) is 26.1 Å². The van der Waals surface area contributed by atoms with E-state index in [1.165, 1.54) is 0 Å². The van der Waals surface area contributed by atoms with Gasteiger partial charge in [0.2, 0.25) is 5.91 Å². The smallest absolute Gasteiger partial charge is 0.317 e. The number of nitrogens with one attached hydrogen (secondary N) is 2. The first-order chi connectivity index (χ1) is 11.1. The van der Waals surface area contributed by atoms with Crippen molar-refractivity contribution in [2.45, 2.75) is 25.9 Å². The van der Waals surface area contributed by atoms with Crippen LogP contribution in [0.4, 0.5) is 4.79 Å². The van der Waals surface area contributed by atoms with Crippen molar-refractivity contribution in [2.24, 2.45) is 0 Å². The van der Waals surface area contributed by atoms with Gasteiger partial charge in [-0.3, -0.25) is 4.79 Å². The Kier molecular flexibility index (Phi) is 6.52. The van der Waals surface area contributed by atoms with Crippen molar-refractivity contribution in [1.29, 1.82) is 0 Å². The number of halogens is 1. The molecule has 0 radical (unpaired) electrons. The average Bonchev–Trinajstić information content (AvgIpc) is 2.77. The van der Waals surface area contributed by atoms with Crippen LogP contribution in [0.1, 0.15) is 19.8 Å². The SMILES string of the molecule is CCC(CNC(=O)N1CCNC(=O)CC1)Oc1ccccc1Cl. The molecule has 1 aromatic rings. The summed E-state index contributed by atoms with van der Waals surface area (Å²) in [5.74, 6) is 0.591. The normalized spacial score (nSPS) is 16.3. The van der Waals surface area contributed by atoms with Crippen LogP contribution < -0.4 is 15.4 Å². The summed E-state index contributed by atoms with van der Waals surface area (Å²) in [5, 5.41) is 6.16. The highest BCUT2D eigenvalue weighted by Gasteiger charge is 2.19. The second-order valence-electron chi connectivity index (χ2n) is 5.35. The molecule has 1 fully saturated rings. The Balaban J connectivity index is 1.83. The molecule has 2 N–H and O–H groups in total. The van der Waals surface area contributed by atoms with Crippen molar-refractivity contribution in [3.8, 4) is 5.75 Å². The number of hydrogen-bond donors (Lipinski definition) is 2. The Morgan fingerprint density at radius 1 is 1.43 bits per heavy atom. The molecule has 0 spiro atoms. The van der Waals surface area contributed by atoms with Gasteiger partial charge in [0.1, 0.15) is 11.9 Å². The van der Waals surface area contributed by atoms with Crippen molar-refractivity contribution < 1.29 is 14.3 Å². The first kappa shape index (κ1) is 17.4. The molecule has 0 aromatic heterocycles. The maximum Gasteiger partial charge on any atom is 0.317 e. The maximum absolute atomic E-state index is 12.2. The Morgan fingerprint density at radius 3 is 2.96 bits per heavy atom. The van der Waals surface area contributed by atoms with Gasteiger partial charge in [-0.25, -0.2) is 4.79 Å². The monoisotopic (exact) mass is 339 g/mol. The second kappa shape index (κ2) is 8.62. The highest BCUT2D eigenvalue weighted by atomic mass is 35.5. The molecule has 1 saturated heterocycles. The molecule has 6 nitrogen and oxygen atoms in total. The van der Waals surface area contributed by atoms with E-state index in [2.05, 4.69) is 10.6 Å². The summed E-state index contributed by atoms with van der Waals surface area (Å²) in [6, 6.07) is 7.09. The number of carbonyl (C=O) groups is 2.